The van der Waals surface area contributed by atoms with Crippen molar-refractivity contribution < 1.29 is 22.7 Å². The number of carbonyl (C=O) groups excluding carboxylic acids is 2. The first-order chi connectivity index (χ1) is 12.3. The third-order valence-corrected chi connectivity index (χ3v) is 5.67. The van der Waals surface area contributed by atoms with Gasteiger partial charge in [-0.3, -0.25) is 9.59 Å². The van der Waals surface area contributed by atoms with Crippen LogP contribution in [0.2, 0.25) is 0 Å². The normalized spacial score (nSPS) is 16.5. The molecule has 9 heteroatoms. The summed E-state index contributed by atoms with van der Waals surface area (Å²) in [5, 5.41) is 2.80. The van der Waals surface area contributed by atoms with Gasteiger partial charge in [-0.15, -0.1) is 0 Å². The highest BCUT2D eigenvalue weighted by atomic mass is 32.2. The molecule has 0 aliphatic carbocycles. The third-order valence-electron chi connectivity index (χ3n) is 4.03. The molecule has 0 radical (unpaired) electrons. The predicted octanol–water partition coefficient (Wildman–Crippen LogP) is 0.0704. The average molecular weight is 383 g/mol. The number of anilines is 1. The molecule has 0 bridgehead atoms. The van der Waals surface area contributed by atoms with Gasteiger partial charge in [0.2, 0.25) is 5.91 Å². The van der Waals surface area contributed by atoms with E-state index in [1.807, 2.05) is 24.0 Å². The number of para-hydroxylation sites is 2. The summed E-state index contributed by atoms with van der Waals surface area (Å²) in [5.74, 6) is -0.710. The fourth-order valence-corrected chi connectivity index (χ4v) is 3.84. The van der Waals surface area contributed by atoms with E-state index >= 15 is 0 Å². The summed E-state index contributed by atoms with van der Waals surface area (Å²) in [6.45, 7) is 2.99. The average Bonchev–Trinajstić information content (AvgIpc) is 2.62. The molecular formula is C17H25N3O5S. The topological polar surface area (TPSA) is 119 Å². The first-order valence-corrected chi connectivity index (χ1v) is 10.4. The molecule has 1 aromatic carbocycles. The number of hydrogen-bond acceptors (Lipinski definition) is 6. The van der Waals surface area contributed by atoms with Gasteiger partial charge in [0.15, 0.2) is 15.9 Å². The fraction of sp³-hybridized carbons (Fsp3) is 0.529. The van der Waals surface area contributed by atoms with E-state index in [-0.39, 0.29) is 36.9 Å². The molecule has 1 aromatic rings. The van der Waals surface area contributed by atoms with Gasteiger partial charge in [-0.2, -0.15) is 0 Å². The highest BCUT2D eigenvalue weighted by Gasteiger charge is 2.31. The second-order valence-electron chi connectivity index (χ2n) is 6.18. The van der Waals surface area contributed by atoms with Crippen LogP contribution < -0.4 is 20.7 Å². The number of nitrogens with two attached hydrogens (primary N) is 1. The van der Waals surface area contributed by atoms with E-state index in [4.69, 9.17) is 10.5 Å². The minimum Gasteiger partial charge on any atom is -0.477 e. The molecule has 144 valence electrons. The minimum absolute atomic E-state index is 0.127. The monoisotopic (exact) mass is 383 g/mol. The molecule has 0 unspecified atom stereocenters. The van der Waals surface area contributed by atoms with Gasteiger partial charge in [-0.05, 0) is 18.6 Å². The van der Waals surface area contributed by atoms with Gasteiger partial charge in [-0.1, -0.05) is 19.1 Å². The lowest BCUT2D eigenvalue weighted by atomic mass is 10.2. The number of carbonyl (C=O) groups is 2. The maximum atomic E-state index is 12.3. The van der Waals surface area contributed by atoms with Gasteiger partial charge in [0.25, 0.3) is 5.91 Å². The van der Waals surface area contributed by atoms with Crippen LogP contribution in [0.4, 0.5) is 5.69 Å². The molecule has 2 rings (SSSR count). The SMILES string of the molecule is CCCNC(=O)[C@@H]1CN(CCS(=O)(=O)CCC(N)=O)c2ccccc2O1. The van der Waals surface area contributed by atoms with Gasteiger partial charge < -0.3 is 20.7 Å². The molecule has 26 heavy (non-hydrogen) atoms. The Kier molecular flexibility index (Phi) is 6.84. The number of nitrogens with one attached hydrogen (secondary N) is 1. The molecule has 0 saturated heterocycles. The Morgan fingerprint density at radius 3 is 2.73 bits per heavy atom. The number of sulfone groups is 1. The van der Waals surface area contributed by atoms with Crippen molar-refractivity contribution in [2.45, 2.75) is 25.9 Å². The van der Waals surface area contributed by atoms with Crippen LogP contribution in [-0.2, 0) is 19.4 Å². The summed E-state index contributed by atoms with van der Waals surface area (Å²) >= 11 is 0. The van der Waals surface area contributed by atoms with Crippen molar-refractivity contribution in [3.63, 3.8) is 0 Å². The van der Waals surface area contributed by atoms with Gasteiger partial charge in [0.1, 0.15) is 5.75 Å². The van der Waals surface area contributed by atoms with Crippen molar-refractivity contribution in [3.05, 3.63) is 24.3 Å². The van der Waals surface area contributed by atoms with E-state index in [1.165, 1.54) is 0 Å². The Morgan fingerprint density at radius 1 is 1.31 bits per heavy atom. The smallest absolute Gasteiger partial charge is 0.262 e. The minimum atomic E-state index is -3.41. The van der Waals surface area contributed by atoms with Crippen LogP contribution in [0.15, 0.2) is 24.3 Å². The highest BCUT2D eigenvalue weighted by molar-refractivity contribution is 7.91. The summed E-state index contributed by atoms with van der Waals surface area (Å²) in [5.41, 5.74) is 5.77. The number of hydrogen-bond donors (Lipinski definition) is 2. The van der Waals surface area contributed by atoms with Crippen molar-refractivity contribution in [3.8, 4) is 5.75 Å². The lowest BCUT2D eigenvalue weighted by Crippen LogP contribution is -2.50. The quantitative estimate of drug-likeness (QED) is 0.623. The molecule has 1 aliphatic heterocycles. The Morgan fingerprint density at radius 2 is 2.04 bits per heavy atom. The second kappa shape index (κ2) is 8.88. The van der Waals surface area contributed by atoms with E-state index in [1.54, 1.807) is 12.1 Å². The lowest BCUT2D eigenvalue weighted by Gasteiger charge is -2.35. The molecule has 1 aliphatic rings. The Labute approximate surface area is 153 Å². The summed E-state index contributed by atoms with van der Waals surface area (Å²) in [7, 11) is -3.41. The molecule has 0 fully saturated rings. The van der Waals surface area contributed by atoms with E-state index in [0.29, 0.717) is 12.3 Å². The molecule has 2 amide bonds. The first-order valence-electron chi connectivity index (χ1n) is 8.59. The van der Waals surface area contributed by atoms with Crippen LogP contribution in [0.1, 0.15) is 19.8 Å². The van der Waals surface area contributed by atoms with Crippen molar-refractivity contribution >= 4 is 27.3 Å². The highest BCUT2D eigenvalue weighted by Crippen LogP contribution is 2.33. The van der Waals surface area contributed by atoms with Gasteiger partial charge in [0, 0.05) is 19.5 Å². The van der Waals surface area contributed by atoms with Crippen LogP contribution in [0.3, 0.4) is 0 Å². The van der Waals surface area contributed by atoms with Gasteiger partial charge in [-0.25, -0.2) is 8.42 Å². The number of ether oxygens (including phenoxy) is 1. The number of primary amides is 1. The van der Waals surface area contributed by atoms with Crippen LogP contribution in [0.5, 0.6) is 5.75 Å². The van der Waals surface area contributed by atoms with Gasteiger partial charge in [0.05, 0.1) is 23.7 Å². The Bertz CT molecular complexity index is 751. The van der Waals surface area contributed by atoms with Crippen molar-refractivity contribution in [2.24, 2.45) is 5.73 Å². The van der Waals surface area contributed by atoms with Crippen molar-refractivity contribution in [2.75, 3.05) is 36.0 Å². The third kappa shape index (κ3) is 5.62. The second-order valence-corrected chi connectivity index (χ2v) is 8.48. The first kappa shape index (κ1) is 20.0. The molecule has 0 spiro atoms. The maximum Gasteiger partial charge on any atom is 0.262 e. The van der Waals surface area contributed by atoms with Crippen molar-refractivity contribution in [1.29, 1.82) is 0 Å². The number of amides is 2. The van der Waals surface area contributed by atoms with Gasteiger partial charge >= 0.3 is 0 Å². The van der Waals surface area contributed by atoms with Crippen LogP contribution >= 0.6 is 0 Å². The molecule has 8 nitrogen and oxygen atoms in total. The molecule has 1 heterocycles. The van der Waals surface area contributed by atoms with Crippen LogP contribution in [0.25, 0.3) is 0 Å². The van der Waals surface area contributed by atoms with Crippen LogP contribution in [0, 0.1) is 0 Å². The zero-order chi connectivity index (χ0) is 19.2. The summed E-state index contributed by atoms with van der Waals surface area (Å²) in [4.78, 5) is 24.9. The summed E-state index contributed by atoms with van der Waals surface area (Å²) < 4.78 is 30.0. The van der Waals surface area contributed by atoms with E-state index < -0.39 is 21.8 Å². The van der Waals surface area contributed by atoms with Crippen LogP contribution in [-0.4, -0.2) is 57.5 Å². The summed E-state index contributed by atoms with van der Waals surface area (Å²) in [6.07, 6.45) is -0.0780. The van der Waals surface area contributed by atoms with E-state index in [0.717, 1.165) is 12.1 Å². The molecule has 0 aromatic heterocycles. The van der Waals surface area contributed by atoms with E-state index in [9.17, 15) is 18.0 Å². The molecule has 3 N–H and O–H groups in total. The standard InChI is InChI=1S/C17H25N3O5S/c1-2-8-19-17(22)15-12-20(13-5-3-4-6-14(13)25-15)9-11-26(23,24)10-7-16(18)21/h3-6,15H,2,7-12H2,1H3,(H2,18,21)(H,19,22)/t15-/m0/s1. The Hall–Kier alpha value is -2.29. The maximum absolute atomic E-state index is 12.3. The molecular weight excluding hydrogens is 358 g/mol. The predicted molar refractivity (Wildman–Crippen MR) is 98.8 cm³/mol. The Balaban J connectivity index is 2.08. The number of fused-ring (bicyclic) bond motifs is 1. The molecule has 1 atom stereocenters. The zero-order valence-corrected chi connectivity index (χ0v) is 15.6. The number of rotatable bonds is 9. The molecule has 0 saturated carbocycles. The number of nitrogens with zero attached hydrogens (tertiary/aromatic N) is 1. The zero-order valence-electron chi connectivity index (χ0n) is 14.8. The van der Waals surface area contributed by atoms with Crippen molar-refractivity contribution in [1.82, 2.24) is 5.32 Å². The largest absolute Gasteiger partial charge is 0.477 e. The summed E-state index contributed by atoms with van der Waals surface area (Å²) in [6, 6.07) is 7.20. The number of benzene rings is 1. The lowest BCUT2D eigenvalue weighted by molar-refractivity contribution is -0.127. The fourth-order valence-electron chi connectivity index (χ4n) is 2.62. The van der Waals surface area contributed by atoms with E-state index in [2.05, 4.69) is 5.32 Å².